The number of ether oxygens (including phenoxy) is 2. The molecule has 1 aromatic carbocycles. The Morgan fingerprint density at radius 1 is 0.840 bits per heavy atom. The number of para-hydroxylation sites is 2. The zero-order chi connectivity index (χ0) is 16.9. The summed E-state index contributed by atoms with van der Waals surface area (Å²) in [5.74, 6) is 1.55. The lowest BCUT2D eigenvalue weighted by atomic mass is 10.2. The Balaban J connectivity index is 1.54. The molecule has 0 aliphatic carbocycles. The second-order valence-corrected chi connectivity index (χ2v) is 6.08. The quantitative estimate of drug-likeness (QED) is 0.911. The van der Waals surface area contributed by atoms with Crippen molar-refractivity contribution in [2.24, 2.45) is 0 Å². The zero-order valence-electron chi connectivity index (χ0n) is 14.2. The number of aromatic nitrogens is 2. The molecule has 0 unspecified atom stereocenters. The number of morpholine rings is 2. The second kappa shape index (κ2) is 7.67. The van der Waals surface area contributed by atoms with Crippen LogP contribution in [0.4, 0.5) is 23.1 Å². The maximum atomic E-state index is 5.46. The summed E-state index contributed by atoms with van der Waals surface area (Å²) in [7, 11) is 0. The van der Waals surface area contributed by atoms with E-state index in [1.54, 1.807) is 6.20 Å². The van der Waals surface area contributed by atoms with E-state index >= 15 is 0 Å². The minimum absolute atomic E-state index is 0.615. The lowest BCUT2D eigenvalue weighted by Crippen LogP contribution is -2.37. The van der Waals surface area contributed by atoms with Gasteiger partial charge in [-0.25, -0.2) is 4.98 Å². The van der Waals surface area contributed by atoms with Crippen molar-refractivity contribution in [1.82, 2.24) is 9.97 Å². The normalized spacial score (nSPS) is 18.2. The van der Waals surface area contributed by atoms with Crippen LogP contribution in [0, 0.1) is 0 Å². The number of hydrogen-bond donors (Lipinski definition) is 1. The van der Waals surface area contributed by atoms with Crippen molar-refractivity contribution in [1.29, 1.82) is 0 Å². The van der Waals surface area contributed by atoms with Crippen molar-refractivity contribution < 1.29 is 9.47 Å². The Morgan fingerprint density at radius 2 is 1.52 bits per heavy atom. The third-order valence-corrected chi connectivity index (χ3v) is 4.48. The highest BCUT2D eigenvalue weighted by molar-refractivity contribution is 5.73. The highest BCUT2D eigenvalue weighted by Gasteiger charge is 2.16. The number of benzene rings is 1. The van der Waals surface area contributed by atoms with Gasteiger partial charge in [-0.2, -0.15) is 4.98 Å². The smallest absolute Gasteiger partial charge is 0.229 e. The van der Waals surface area contributed by atoms with Crippen LogP contribution in [0.3, 0.4) is 0 Å². The fraction of sp³-hybridized carbons (Fsp3) is 0.444. The zero-order valence-corrected chi connectivity index (χ0v) is 14.2. The summed E-state index contributed by atoms with van der Waals surface area (Å²) in [5, 5.41) is 3.39. The molecule has 1 N–H and O–H groups in total. The number of rotatable bonds is 4. The predicted molar refractivity (Wildman–Crippen MR) is 97.8 cm³/mol. The summed E-state index contributed by atoms with van der Waals surface area (Å²) in [6.45, 7) is 6.52. The van der Waals surface area contributed by atoms with E-state index < -0.39 is 0 Å². The van der Waals surface area contributed by atoms with Crippen LogP contribution in [0.1, 0.15) is 0 Å². The maximum Gasteiger partial charge on any atom is 0.229 e. The summed E-state index contributed by atoms with van der Waals surface area (Å²) >= 11 is 0. The van der Waals surface area contributed by atoms with Crippen LogP contribution in [-0.4, -0.2) is 62.6 Å². The Labute approximate surface area is 147 Å². The Kier molecular flexibility index (Phi) is 4.94. The maximum absolute atomic E-state index is 5.46. The monoisotopic (exact) mass is 341 g/mol. The summed E-state index contributed by atoms with van der Waals surface area (Å²) in [5.41, 5.74) is 2.18. The number of hydrogen-bond acceptors (Lipinski definition) is 7. The van der Waals surface area contributed by atoms with Crippen molar-refractivity contribution >= 4 is 23.1 Å². The summed E-state index contributed by atoms with van der Waals surface area (Å²) in [6, 6.07) is 10.2. The van der Waals surface area contributed by atoms with Crippen LogP contribution in [0.25, 0.3) is 0 Å². The SMILES string of the molecule is c1ccc(N2CCOCC2)c(Nc2nccc(N3CCOCC3)n2)c1. The van der Waals surface area contributed by atoms with Gasteiger partial charge in [0.25, 0.3) is 0 Å². The number of nitrogens with zero attached hydrogens (tertiary/aromatic N) is 4. The predicted octanol–water partition coefficient (Wildman–Crippen LogP) is 1.89. The van der Waals surface area contributed by atoms with Crippen molar-refractivity contribution in [3.8, 4) is 0 Å². The first-order valence-corrected chi connectivity index (χ1v) is 8.75. The third kappa shape index (κ3) is 3.83. The van der Waals surface area contributed by atoms with E-state index in [0.717, 1.165) is 69.8 Å². The molecule has 7 nitrogen and oxygen atoms in total. The lowest BCUT2D eigenvalue weighted by Gasteiger charge is -2.30. The van der Waals surface area contributed by atoms with Crippen LogP contribution in [-0.2, 0) is 9.47 Å². The molecule has 3 heterocycles. The van der Waals surface area contributed by atoms with Gasteiger partial charge >= 0.3 is 0 Å². The number of anilines is 4. The highest BCUT2D eigenvalue weighted by Crippen LogP contribution is 2.28. The largest absolute Gasteiger partial charge is 0.378 e. The van der Waals surface area contributed by atoms with Crippen molar-refractivity contribution in [3.05, 3.63) is 36.5 Å². The van der Waals surface area contributed by atoms with Crippen molar-refractivity contribution in [2.45, 2.75) is 0 Å². The fourth-order valence-electron chi connectivity index (χ4n) is 3.16. The van der Waals surface area contributed by atoms with E-state index in [-0.39, 0.29) is 0 Å². The third-order valence-electron chi connectivity index (χ3n) is 4.48. The lowest BCUT2D eigenvalue weighted by molar-refractivity contribution is 0.122. The molecule has 0 saturated carbocycles. The molecule has 2 fully saturated rings. The molecule has 2 aromatic rings. The van der Waals surface area contributed by atoms with E-state index in [9.17, 15) is 0 Å². The van der Waals surface area contributed by atoms with Crippen LogP contribution >= 0.6 is 0 Å². The van der Waals surface area contributed by atoms with E-state index in [0.29, 0.717) is 5.95 Å². The van der Waals surface area contributed by atoms with Gasteiger partial charge in [-0.1, -0.05) is 12.1 Å². The van der Waals surface area contributed by atoms with Gasteiger partial charge in [0.05, 0.1) is 37.8 Å². The second-order valence-electron chi connectivity index (χ2n) is 6.08. The molecule has 0 atom stereocenters. The molecule has 0 bridgehead atoms. The van der Waals surface area contributed by atoms with E-state index in [1.165, 1.54) is 0 Å². The van der Waals surface area contributed by atoms with E-state index in [2.05, 4.69) is 43.3 Å². The molecule has 2 saturated heterocycles. The molecule has 25 heavy (non-hydrogen) atoms. The minimum Gasteiger partial charge on any atom is -0.378 e. The molecule has 4 rings (SSSR count). The van der Waals surface area contributed by atoms with Crippen LogP contribution in [0.15, 0.2) is 36.5 Å². The van der Waals surface area contributed by atoms with Gasteiger partial charge in [0.15, 0.2) is 0 Å². The summed E-state index contributed by atoms with van der Waals surface area (Å²) in [4.78, 5) is 13.6. The van der Waals surface area contributed by atoms with Gasteiger partial charge in [-0.05, 0) is 18.2 Å². The van der Waals surface area contributed by atoms with Gasteiger partial charge in [-0.3, -0.25) is 0 Å². The first kappa shape index (κ1) is 16.1. The standard InChI is InChI=1S/C18H23N5O2/c1-2-4-16(22-7-11-24-12-8-22)15(3-1)20-18-19-6-5-17(21-18)23-9-13-25-14-10-23/h1-6H,7-14H2,(H,19,20,21). The molecule has 2 aliphatic rings. The minimum atomic E-state index is 0.615. The van der Waals surface area contributed by atoms with Crippen molar-refractivity contribution in [2.75, 3.05) is 67.7 Å². The van der Waals surface area contributed by atoms with E-state index in [1.807, 2.05) is 12.1 Å². The van der Waals surface area contributed by atoms with E-state index in [4.69, 9.17) is 9.47 Å². The number of nitrogens with one attached hydrogen (secondary N) is 1. The molecule has 0 amide bonds. The molecule has 1 aromatic heterocycles. The van der Waals surface area contributed by atoms with Gasteiger partial charge < -0.3 is 24.6 Å². The molecule has 0 radical (unpaired) electrons. The molecule has 7 heteroatoms. The average molecular weight is 341 g/mol. The fourth-order valence-corrected chi connectivity index (χ4v) is 3.16. The first-order chi connectivity index (χ1) is 12.4. The summed E-state index contributed by atoms with van der Waals surface area (Å²) in [6.07, 6.45) is 1.80. The molecular weight excluding hydrogens is 318 g/mol. The Bertz CT molecular complexity index is 699. The molecule has 2 aliphatic heterocycles. The van der Waals surface area contributed by atoms with Crippen LogP contribution in [0.5, 0.6) is 0 Å². The Morgan fingerprint density at radius 3 is 2.28 bits per heavy atom. The highest BCUT2D eigenvalue weighted by atomic mass is 16.5. The molecular formula is C18H23N5O2. The molecule has 132 valence electrons. The van der Waals surface area contributed by atoms with Gasteiger partial charge in [-0.15, -0.1) is 0 Å². The van der Waals surface area contributed by atoms with Crippen molar-refractivity contribution in [3.63, 3.8) is 0 Å². The van der Waals surface area contributed by atoms with Gasteiger partial charge in [0.2, 0.25) is 5.95 Å². The summed E-state index contributed by atoms with van der Waals surface area (Å²) < 4.78 is 10.9. The molecule has 0 spiro atoms. The van der Waals surface area contributed by atoms with Crippen LogP contribution < -0.4 is 15.1 Å². The Hall–Kier alpha value is -2.38. The van der Waals surface area contributed by atoms with Gasteiger partial charge in [0.1, 0.15) is 5.82 Å². The van der Waals surface area contributed by atoms with Gasteiger partial charge in [0, 0.05) is 32.4 Å². The topological polar surface area (TPSA) is 62.8 Å². The van der Waals surface area contributed by atoms with Crippen LogP contribution in [0.2, 0.25) is 0 Å². The first-order valence-electron chi connectivity index (χ1n) is 8.75. The average Bonchev–Trinajstić information content (AvgIpc) is 2.70.